The lowest BCUT2D eigenvalue weighted by Crippen LogP contribution is -2.39. The molecule has 1 atom stereocenters. The maximum atomic E-state index is 13.2. The number of hydrogen-bond donors (Lipinski definition) is 0. The van der Waals surface area contributed by atoms with Gasteiger partial charge in [-0.1, -0.05) is 60.7 Å². The number of thioether (sulfide) groups is 1. The third-order valence-electron chi connectivity index (χ3n) is 6.09. The summed E-state index contributed by atoms with van der Waals surface area (Å²) >= 11 is 2.07. The Hall–Kier alpha value is -1.78. The molecule has 2 aliphatic heterocycles. The minimum atomic E-state index is 0.125. The van der Waals surface area contributed by atoms with E-state index in [1.807, 2.05) is 12.1 Å². The smallest absolute Gasteiger partial charge is 0.223 e. The van der Waals surface area contributed by atoms with Gasteiger partial charge >= 0.3 is 0 Å². The molecule has 28 heavy (non-hydrogen) atoms. The maximum Gasteiger partial charge on any atom is 0.223 e. The molecule has 3 nitrogen and oxygen atoms in total. The highest BCUT2D eigenvalue weighted by atomic mass is 32.2. The zero-order valence-corrected chi connectivity index (χ0v) is 17.3. The topological polar surface area (TPSA) is 23.6 Å². The molecule has 2 heterocycles. The Balaban J connectivity index is 1.44. The first-order valence-electron chi connectivity index (χ1n) is 10.5. The van der Waals surface area contributed by atoms with Gasteiger partial charge in [-0.2, -0.15) is 11.8 Å². The molecule has 0 aromatic heterocycles. The van der Waals surface area contributed by atoms with Crippen LogP contribution in [0.2, 0.25) is 0 Å². The molecule has 0 N–H and O–H groups in total. The van der Waals surface area contributed by atoms with Crippen LogP contribution in [0, 0.1) is 0 Å². The minimum Gasteiger partial charge on any atom is -0.341 e. The highest BCUT2D eigenvalue weighted by Crippen LogP contribution is 2.29. The number of hydrogen-bond acceptors (Lipinski definition) is 3. The van der Waals surface area contributed by atoms with Crippen LogP contribution in [0.15, 0.2) is 60.7 Å². The van der Waals surface area contributed by atoms with Gasteiger partial charge in [0.15, 0.2) is 0 Å². The Labute approximate surface area is 173 Å². The summed E-state index contributed by atoms with van der Waals surface area (Å²) in [5.74, 6) is 2.97. The summed E-state index contributed by atoms with van der Waals surface area (Å²) < 4.78 is 0. The highest BCUT2D eigenvalue weighted by molar-refractivity contribution is 7.99. The largest absolute Gasteiger partial charge is 0.341 e. The molecular formula is C24H30N2OS. The molecular weight excluding hydrogens is 364 g/mol. The van der Waals surface area contributed by atoms with E-state index in [2.05, 4.69) is 70.1 Å². The van der Waals surface area contributed by atoms with Gasteiger partial charge < -0.3 is 4.90 Å². The maximum absolute atomic E-state index is 13.2. The molecule has 0 aliphatic carbocycles. The molecule has 2 aromatic rings. The van der Waals surface area contributed by atoms with Crippen LogP contribution < -0.4 is 0 Å². The molecule has 1 unspecified atom stereocenters. The zero-order chi connectivity index (χ0) is 19.2. The number of carbonyl (C=O) groups excluding carboxylic acids is 1. The second-order valence-corrected chi connectivity index (χ2v) is 9.02. The fraction of sp³-hybridized carbons (Fsp3) is 0.458. The van der Waals surface area contributed by atoms with Crippen LogP contribution >= 0.6 is 11.8 Å². The van der Waals surface area contributed by atoms with E-state index >= 15 is 0 Å². The molecule has 2 fully saturated rings. The molecule has 4 heteroatoms. The Morgan fingerprint density at radius 3 is 2.21 bits per heavy atom. The van der Waals surface area contributed by atoms with E-state index in [9.17, 15) is 4.79 Å². The van der Waals surface area contributed by atoms with Gasteiger partial charge in [-0.15, -0.1) is 0 Å². The van der Waals surface area contributed by atoms with Gasteiger partial charge in [0, 0.05) is 50.3 Å². The molecule has 2 aliphatic rings. The molecule has 0 radical (unpaired) electrons. The second kappa shape index (κ2) is 9.62. The number of rotatable bonds is 5. The first-order chi connectivity index (χ1) is 13.8. The number of benzene rings is 2. The average Bonchev–Trinajstić information content (AvgIpc) is 3.17. The molecule has 1 amide bonds. The quantitative estimate of drug-likeness (QED) is 0.757. The summed E-state index contributed by atoms with van der Waals surface area (Å²) in [6.45, 7) is 3.93. The third-order valence-corrected chi connectivity index (χ3v) is 7.23. The van der Waals surface area contributed by atoms with Crippen molar-refractivity contribution in [2.45, 2.75) is 31.2 Å². The first kappa shape index (κ1) is 19.5. The molecule has 148 valence electrons. The summed E-state index contributed by atoms with van der Waals surface area (Å²) in [4.78, 5) is 18.0. The van der Waals surface area contributed by atoms with E-state index in [-0.39, 0.29) is 5.92 Å². The molecule has 0 bridgehead atoms. The first-order valence-corrected chi connectivity index (χ1v) is 11.7. The van der Waals surface area contributed by atoms with E-state index in [0.29, 0.717) is 12.3 Å². The van der Waals surface area contributed by atoms with Crippen molar-refractivity contribution in [3.8, 4) is 0 Å². The van der Waals surface area contributed by atoms with Gasteiger partial charge in [-0.25, -0.2) is 0 Å². The molecule has 0 spiro atoms. The summed E-state index contributed by atoms with van der Waals surface area (Å²) in [7, 11) is 0. The van der Waals surface area contributed by atoms with Crippen molar-refractivity contribution in [3.63, 3.8) is 0 Å². The Morgan fingerprint density at radius 2 is 1.61 bits per heavy atom. The monoisotopic (exact) mass is 394 g/mol. The molecule has 4 rings (SSSR count). The lowest BCUT2D eigenvalue weighted by Gasteiger charge is -2.27. The normalized spacial score (nSPS) is 21.0. The lowest BCUT2D eigenvalue weighted by atomic mass is 9.88. The predicted octanol–water partition coefficient (Wildman–Crippen LogP) is 4.25. The second-order valence-electron chi connectivity index (χ2n) is 7.87. The molecule has 2 saturated heterocycles. The van der Waals surface area contributed by atoms with Gasteiger partial charge in [-0.05, 0) is 29.7 Å². The van der Waals surface area contributed by atoms with E-state index < -0.39 is 0 Å². The summed E-state index contributed by atoms with van der Waals surface area (Å²) in [5, 5.41) is 0. The predicted molar refractivity (Wildman–Crippen MR) is 118 cm³/mol. The standard InChI is InChI=1S/C24H30N2OS/c27-24(26-14-7-13-25(15-16-26)22-12-17-28-19-22)18-23(20-8-3-1-4-9-20)21-10-5-2-6-11-21/h1-6,8-11,22-23H,7,12-19H2. The van der Waals surface area contributed by atoms with Gasteiger partial charge in [-0.3, -0.25) is 9.69 Å². The van der Waals surface area contributed by atoms with Crippen molar-refractivity contribution < 1.29 is 4.79 Å². The van der Waals surface area contributed by atoms with Gasteiger partial charge in [0.25, 0.3) is 0 Å². The van der Waals surface area contributed by atoms with Gasteiger partial charge in [0.1, 0.15) is 0 Å². The molecule has 2 aromatic carbocycles. The fourth-order valence-corrected chi connectivity index (χ4v) is 5.72. The minimum absolute atomic E-state index is 0.125. The van der Waals surface area contributed by atoms with Crippen molar-refractivity contribution in [1.82, 2.24) is 9.80 Å². The van der Waals surface area contributed by atoms with Crippen LogP contribution in [-0.4, -0.2) is 59.4 Å². The number of nitrogens with zero attached hydrogens (tertiary/aromatic N) is 2. The fourth-order valence-electron chi connectivity index (χ4n) is 4.46. The van der Waals surface area contributed by atoms with Crippen LogP contribution in [0.5, 0.6) is 0 Å². The van der Waals surface area contributed by atoms with Crippen molar-refractivity contribution in [2.75, 3.05) is 37.7 Å². The average molecular weight is 395 g/mol. The summed E-state index contributed by atoms with van der Waals surface area (Å²) in [5.41, 5.74) is 2.45. The number of amides is 1. The Bertz CT molecular complexity index is 706. The Kier molecular flexibility index (Phi) is 6.71. The van der Waals surface area contributed by atoms with Crippen LogP contribution in [0.1, 0.15) is 36.3 Å². The number of carbonyl (C=O) groups is 1. The van der Waals surface area contributed by atoms with Gasteiger partial charge in [0.05, 0.1) is 0 Å². The zero-order valence-electron chi connectivity index (χ0n) is 16.5. The van der Waals surface area contributed by atoms with E-state index in [1.54, 1.807) is 0 Å². The highest BCUT2D eigenvalue weighted by Gasteiger charge is 2.28. The van der Waals surface area contributed by atoms with E-state index in [4.69, 9.17) is 0 Å². The van der Waals surface area contributed by atoms with Gasteiger partial charge in [0.2, 0.25) is 5.91 Å². The SMILES string of the molecule is O=C(CC(c1ccccc1)c1ccccc1)N1CCCN(C2CCSC2)CC1. The van der Waals surface area contributed by atoms with Crippen molar-refractivity contribution >= 4 is 17.7 Å². The van der Waals surface area contributed by atoms with Crippen molar-refractivity contribution in [1.29, 1.82) is 0 Å². The lowest BCUT2D eigenvalue weighted by molar-refractivity contribution is -0.131. The van der Waals surface area contributed by atoms with Crippen molar-refractivity contribution in [3.05, 3.63) is 71.8 Å². The summed E-state index contributed by atoms with van der Waals surface area (Å²) in [6, 6.07) is 21.7. The van der Waals surface area contributed by atoms with Crippen molar-refractivity contribution in [2.24, 2.45) is 0 Å². The van der Waals surface area contributed by atoms with Crippen LogP contribution in [0.25, 0.3) is 0 Å². The van der Waals surface area contributed by atoms with E-state index in [0.717, 1.165) is 38.6 Å². The summed E-state index contributed by atoms with van der Waals surface area (Å²) in [6.07, 6.45) is 2.95. The van der Waals surface area contributed by atoms with Crippen LogP contribution in [0.4, 0.5) is 0 Å². The third kappa shape index (κ3) is 4.79. The Morgan fingerprint density at radius 1 is 0.929 bits per heavy atom. The van der Waals surface area contributed by atoms with Crippen LogP contribution in [0.3, 0.4) is 0 Å². The molecule has 0 saturated carbocycles. The van der Waals surface area contributed by atoms with E-state index in [1.165, 1.54) is 29.1 Å². The van der Waals surface area contributed by atoms with Crippen LogP contribution in [-0.2, 0) is 4.79 Å².